The number of hydrogen-bond donors (Lipinski definition) is 3. The van der Waals surface area contributed by atoms with Gasteiger partial charge in [-0.15, -0.1) is 0 Å². The lowest BCUT2D eigenvalue weighted by Crippen LogP contribution is -2.11. The second-order valence-corrected chi connectivity index (χ2v) is 14.0. The highest BCUT2D eigenvalue weighted by Crippen LogP contribution is 2.38. The van der Waals surface area contributed by atoms with Gasteiger partial charge in [-0.05, 0) is 80.8 Å². The molecule has 8 nitrogen and oxygen atoms in total. The summed E-state index contributed by atoms with van der Waals surface area (Å²) in [5, 5.41) is 14.8. The number of aromatic nitrogens is 4. The zero-order valence-electron chi connectivity index (χ0n) is 27.0. The van der Waals surface area contributed by atoms with Crippen LogP contribution in [0.3, 0.4) is 0 Å². The van der Waals surface area contributed by atoms with Gasteiger partial charge in [0.2, 0.25) is 5.95 Å². The molecule has 3 unspecified atom stereocenters. The van der Waals surface area contributed by atoms with Crippen LogP contribution in [0, 0.1) is 12.8 Å². The van der Waals surface area contributed by atoms with E-state index in [-0.39, 0.29) is 11.4 Å². The maximum Gasteiger partial charge on any atom is 0.231 e. The van der Waals surface area contributed by atoms with Crippen molar-refractivity contribution in [3.8, 4) is 5.75 Å². The molecule has 232 valence electrons. The zero-order valence-corrected chi connectivity index (χ0v) is 27.8. The average Bonchev–Trinajstić information content (AvgIpc) is 3.45. The number of rotatable bonds is 15. The van der Waals surface area contributed by atoms with Crippen LogP contribution in [-0.2, 0) is 10.8 Å². The summed E-state index contributed by atoms with van der Waals surface area (Å²) in [5.41, 5.74) is 4.74. The minimum atomic E-state index is -1.17. The summed E-state index contributed by atoms with van der Waals surface area (Å²) in [6.07, 6.45) is 7.62. The third kappa shape index (κ3) is 8.13. The Labute approximate surface area is 259 Å². The highest BCUT2D eigenvalue weighted by atomic mass is 32.2. The highest BCUT2D eigenvalue weighted by molar-refractivity contribution is 7.85. The number of fused-ring (bicyclic) bond motifs is 1. The first-order valence-corrected chi connectivity index (χ1v) is 16.9. The third-order valence-electron chi connectivity index (χ3n) is 7.85. The van der Waals surface area contributed by atoms with E-state index in [4.69, 9.17) is 14.7 Å². The minimum Gasteiger partial charge on any atom is -0.489 e. The van der Waals surface area contributed by atoms with Crippen LogP contribution >= 0.6 is 0 Å². The van der Waals surface area contributed by atoms with E-state index in [0.29, 0.717) is 23.3 Å². The molecular formula is C34H48N6O2S. The summed E-state index contributed by atoms with van der Waals surface area (Å²) in [4.78, 5) is 10.3. The quantitative estimate of drug-likeness (QED) is 0.124. The predicted octanol–water partition coefficient (Wildman–Crippen LogP) is 9.16. The lowest BCUT2D eigenvalue weighted by Gasteiger charge is -2.24. The van der Waals surface area contributed by atoms with Crippen LogP contribution in [0.5, 0.6) is 5.75 Å². The fourth-order valence-corrected chi connectivity index (χ4v) is 6.38. The molecule has 0 amide bonds. The minimum absolute atomic E-state index is 0.00686. The summed E-state index contributed by atoms with van der Waals surface area (Å²) in [6.45, 7) is 17.1. The number of anilines is 4. The molecule has 3 atom stereocenters. The van der Waals surface area contributed by atoms with E-state index in [1.165, 1.54) is 30.4 Å². The third-order valence-corrected chi connectivity index (χ3v) is 9.50. The Morgan fingerprint density at radius 1 is 0.953 bits per heavy atom. The van der Waals surface area contributed by atoms with Crippen molar-refractivity contribution in [2.45, 2.75) is 110 Å². The van der Waals surface area contributed by atoms with Gasteiger partial charge in [0.05, 0.1) is 44.8 Å². The number of nitrogens with one attached hydrogen (secondary N) is 3. The van der Waals surface area contributed by atoms with Crippen molar-refractivity contribution in [3.63, 3.8) is 0 Å². The molecule has 0 bridgehead atoms. The first-order chi connectivity index (χ1) is 20.6. The molecule has 0 aliphatic heterocycles. The normalized spacial score (nSPS) is 13.8. The van der Waals surface area contributed by atoms with Crippen LogP contribution in [0.25, 0.3) is 11.0 Å². The van der Waals surface area contributed by atoms with Crippen molar-refractivity contribution in [1.82, 2.24) is 20.2 Å². The van der Waals surface area contributed by atoms with Gasteiger partial charge >= 0.3 is 0 Å². The number of ether oxygens (including phenoxy) is 1. The topological polar surface area (TPSA) is 105 Å². The van der Waals surface area contributed by atoms with Crippen LogP contribution in [0.4, 0.5) is 23.1 Å². The van der Waals surface area contributed by atoms with Gasteiger partial charge in [0.25, 0.3) is 0 Å². The monoisotopic (exact) mass is 604 g/mol. The molecule has 2 aromatic heterocycles. The zero-order chi connectivity index (χ0) is 31.1. The molecule has 2 aromatic carbocycles. The summed E-state index contributed by atoms with van der Waals surface area (Å²) in [7, 11) is -1.17. The Morgan fingerprint density at radius 2 is 1.72 bits per heavy atom. The summed E-state index contributed by atoms with van der Waals surface area (Å²) in [6, 6.07) is 12.0. The Morgan fingerprint density at radius 3 is 2.42 bits per heavy atom. The first-order valence-electron chi connectivity index (χ1n) is 15.7. The van der Waals surface area contributed by atoms with E-state index in [1.54, 1.807) is 6.20 Å². The maximum atomic E-state index is 13.0. The molecule has 3 N–H and O–H groups in total. The van der Waals surface area contributed by atoms with Gasteiger partial charge in [-0.2, -0.15) is 15.1 Å². The lowest BCUT2D eigenvalue weighted by atomic mass is 9.84. The van der Waals surface area contributed by atoms with E-state index in [1.807, 2.05) is 52.0 Å². The maximum absolute atomic E-state index is 13.0. The SMILES string of the molecule is CCCC(CCC(C)CC)c1cc(OC(C)C)c(Nc2nc(Nc3ccccc3S(=O)C(C)C)c3cn[nH]c3n2)cc1C. The van der Waals surface area contributed by atoms with Crippen molar-refractivity contribution < 1.29 is 8.95 Å². The summed E-state index contributed by atoms with van der Waals surface area (Å²) < 4.78 is 19.4. The van der Waals surface area contributed by atoms with E-state index in [0.717, 1.165) is 46.2 Å². The molecule has 4 aromatic rings. The number of benzene rings is 2. The first kappa shape index (κ1) is 32.5. The number of aryl methyl sites for hydroxylation is 1. The largest absolute Gasteiger partial charge is 0.489 e. The van der Waals surface area contributed by atoms with Crippen LogP contribution in [-0.4, -0.2) is 35.7 Å². The molecule has 0 spiro atoms. The van der Waals surface area contributed by atoms with Crippen molar-refractivity contribution in [3.05, 3.63) is 53.7 Å². The van der Waals surface area contributed by atoms with Crippen LogP contribution < -0.4 is 15.4 Å². The Balaban J connectivity index is 1.71. The van der Waals surface area contributed by atoms with Gasteiger partial charge in [0.1, 0.15) is 11.6 Å². The number of aromatic amines is 1. The van der Waals surface area contributed by atoms with E-state index in [2.05, 4.69) is 60.7 Å². The molecule has 4 rings (SSSR count). The van der Waals surface area contributed by atoms with E-state index < -0.39 is 10.8 Å². The highest BCUT2D eigenvalue weighted by Gasteiger charge is 2.20. The average molecular weight is 605 g/mol. The smallest absolute Gasteiger partial charge is 0.231 e. The fourth-order valence-electron chi connectivity index (χ4n) is 5.32. The number of nitrogens with zero attached hydrogens (tertiary/aromatic N) is 3. The van der Waals surface area contributed by atoms with Crippen LogP contribution in [0.2, 0.25) is 0 Å². The Kier molecular flexibility index (Phi) is 11.2. The van der Waals surface area contributed by atoms with Gasteiger partial charge in [-0.3, -0.25) is 9.31 Å². The van der Waals surface area contributed by atoms with Gasteiger partial charge in [-0.1, -0.05) is 66.0 Å². The number of hydrogen-bond acceptors (Lipinski definition) is 7. The lowest BCUT2D eigenvalue weighted by molar-refractivity contribution is 0.243. The standard InChI is InChI=1S/C34H48N6O2S/c1-9-13-25(17-16-23(7)10-2)26-19-30(42-21(3)4)29(18-24(26)8)37-34-38-32(27-20-35-40-33(27)39-34)36-28-14-11-12-15-31(28)43(41)22(5)6/h11-12,14-15,18-23,25H,9-10,13,16-17H2,1-8H3,(H3,35,36,37,38,39,40). The van der Waals surface area contributed by atoms with Crippen molar-refractivity contribution in [2.24, 2.45) is 5.92 Å². The molecule has 0 fully saturated rings. The molecule has 2 heterocycles. The predicted molar refractivity (Wildman–Crippen MR) is 180 cm³/mol. The Bertz CT molecular complexity index is 1530. The van der Waals surface area contributed by atoms with Crippen molar-refractivity contribution >= 4 is 45.0 Å². The molecule has 0 radical (unpaired) electrons. The second kappa shape index (κ2) is 14.8. The van der Waals surface area contributed by atoms with Crippen LogP contribution in [0.1, 0.15) is 97.6 Å². The second-order valence-electron chi connectivity index (χ2n) is 12.1. The summed E-state index contributed by atoms with van der Waals surface area (Å²) in [5.74, 6) is 2.99. The van der Waals surface area contributed by atoms with E-state index in [9.17, 15) is 4.21 Å². The molecule has 0 saturated heterocycles. The van der Waals surface area contributed by atoms with Gasteiger partial charge in [-0.25, -0.2) is 0 Å². The summed E-state index contributed by atoms with van der Waals surface area (Å²) >= 11 is 0. The molecule has 43 heavy (non-hydrogen) atoms. The van der Waals surface area contributed by atoms with Gasteiger partial charge in [0.15, 0.2) is 5.65 Å². The van der Waals surface area contributed by atoms with Crippen molar-refractivity contribution in [2.75, 3.05) is 10.6 Å². The van der Waals surface area contributed by atoms with Crippen LogP contribution in [0.15, 0.2) is 47.5 Å². The molecule has 9 heteroatoms. The molecule has 0 aliphatic carbocycles. The van der Waals surface area contributed by atoms with Crippen molar-refractivity contribution in [1.29, 1.82) is 0 Å². The fraction of sp³-hybridized carbons (Fsp3) is 0.500. The van der Waals surface area contributed by atoms with E-state index >= 15 is 0 Å². The number of H-pyrrole nitrogens is 1. The van der Waals surface area contributed by atoms with Gasteiger partial charge < -0.3 is 15.4 Å². The Hall–Kier alpha value is -3.46. The van der Waals surface area contributed by atoms with Gasteiger partial charge in [0, 0.05) is 5.25 Å². The molecule has 0 aliphatic rings. The number of para-hydroxylation sites is 1. The molecule has 0 saturated carbocycles. The molecular weight excluding hydrogens is 556 g/mol.